The predicted octanol–water partition coefficient (Wildman–Crippen LogP) is 2.24. The lowest BCUT2D eigenvalue weighted by Gasteiger charge is -2.23. The molecule has 1 aromatic heterocycles. The van der Waals surface area contributed by atoms with Crippen LogP contribution in [0, 0.1) is 0 Å². The molecule has 0 saturated carbocycles. The number of benzene rings is 1. The van der Waals surface area contributed by atoms with E-state index in [-0.39, 0.29) is 6.04 Å². The number of rotatable bonds is 6. The van der Waals surface area contributed by atoms with E-state index in [4.69, 9.17) is 20.6 Å². The van der Waals surface area contributed by atoms with Crippen molar-refractivity contribution in [1.29, 1.82) is 0 Å². The first kappa shape index (κ1) is 14.1. The zero-order valence-corrected chi connectivity index (χ0v) is 11.3. The van der Waals surface area contributed by atoms with Crippen molar-refractivity contribution in [3.8, 4) is 5.75 Å². The first-order valence-electron chi connectivity index (χ1n) is 6.48. The van der Waals surface area contributed by atoms with Crippen LogP contribution in [0.15, 0.2) is 47.1 Å². The Bertz CT molecular complexity index is 566. The highest BCUT2D eigenvalue weighted by atomic mass is 16.5. The van der Waals surface area contributed by atoms with Gasteiger partial charge in [0.1, 0.15) is 11.5 Å². The largest absolute Gasteiger partial charge is 0.480 e. The second-order valence-corrected chi connectivity index (χ2v) is 4.49. The zero-order chi connectivity index (χ0) is 14.5. The highest BCUT2D eigenvalue weighted by Crippen LogP contribution is 2.28. The molecule has 0 radical (unpaired) electrons. The number of ether oxygens (including phenoxy) is 1. The van der Waals surface area contributed by atoms with E-state index in [9.17, 15) is 4.79 Å². The molecule has 5 heteroatoms. The molecule has 0 fully saturated rings. The van der Waals surface area contributed by atoms with Gasteiger partial charge in [-0.3, -0.25) is 4.79 Å². The number of primary amides is 1. The Morgan fingerprint density at radius 1 is 1.30 bits per heavy atom. The average molecular weight is 274 g/mol. The van der Waals surface area contributed by atoms with Gasteiger partial charge in [0.25, 0.3) is 5.91 Å². The second kappa shape index (κ2) is 6.25. The number of carbonyl (C=O) groups excluding carboxylic acids is 1. The SMILES string of the molecule is CCC(N)C(Oc1ccccc1C(N)=O)c1ccco1. The van der Waals surface area contributed by atoms with Gasteiger partial charge in [0.15, 0.2) is 6.10 Å². The summed E-state index contributed by atoms with van der Waals surface area (Å²) in [5.74, 6) is 0.493. The molecule has 0 aliphatic rings. The van der Waals surface area contributed by atoms with Gasteiger partial charge in [-0.1, -0.05) is 19.1 Å². The molecule has 20 heavy (non-hydrogen) atoms. The summed E-state index contributed by atoms with van der Waals surface area (Å²) in [5.41, 5.74) is 11.8. The van der Waals surface area contributed by atoms with E-state index in [1.165, 1.54) is 0 Å². The first-order valence-corrected chi connectivity index (χ1v) is 6.48. The van der Waals surface area contributed by atoms with Crippen LogP contribution in [0.25, 0.3) is 0 Å². The third kappa shape index (κ3) is 3.00. The molecule has 0 spiro atoms. The van der Waals surface area contributed by atoms with Gasteiger partial charge in [-0.15, -0.1) is 0 Å². The summed E-state index contributed by atoms with van der Waals surface area (Å²) in [6.07, 6.45) is 1.81. The number of nitrogens with two attached hydrogens (primary N) is 2. The summed E-state index contributed by atoms with van der Waals surface area (Å²) in [6, 6.07) is 10.1. The van der Waals surface area contributed by atoms with Crippen LogP contribution in [-0.4, -0.2) is 11.9 Å². The summed E-state index contributed by atoms with van der Waals surface area (Å²) in [5, 5.41) is 0. The van der Waals surface area contributed by atoms with Crippen molar-refractivity contribution in [2.75, 3.05) is 0 Å². The van der Waals surface area contributed by atoms with Crippen molar-refractivity contribution in [2.45, 2.75) is 25.5 Å². The molecule has 1 aromatic carbocycles. The van der Waals surface area contributed by atoms with Crippen molar-refractivity contribution < 1.29 is 13.9 Å². The topological polar surface area (TPSA) is 91.5 Å². The number of furan rings is 1. The van der Waals surface area contributed by atoms with E-state index < -0.39 is 12.0 Å². The van der Waals surface area contributed by atoms with Crippen LogP contribution in [0.5, 0.6) is 5.75 Å². The van der Waals surface area contributed by atoms with Gasteiger partial charge in [0.05, 0.1) is 11.8 Å². The smallest absolute Gasteiger partial charge is 0.252 e. The quantitative estimate of drug-likeness (QED) is 0.845. The van der Waals surface area contributed by atoms with Gasteiger partial charge in [0.2, 0.25) is 0 Å². The number of hydrogen-bond donors (Lipinski definition) is 2. The Hall–Kier alpha value is -2.27. The Balaban J connectivity index is 2.31. The summed E-state index contributed by atoms with van der Waals surface area (Å²) in [7, 11) is 0. The molecule has 4 N–H and O–H groups in total. The normalized spacial score (nSPS) is 13.7. The van der Waals surface area contributed by atoms with E-state index in [1.807, 2.05) is 6.92 Å². The maximum atomic E-state index is 11.4. The Kier molecular flexibility index (Phi) is 4.42. The molecule has 0 bridgehead atoms. The molecular formula is C15H18N2O3. The number of amides is 1. The van der Waals surface area contributed by atoms with Crippen molar-refractivity contribution >= 4 is 5.91 Å². The third-order valence-electron chi connectivity index (χ3n) is 3.09. The van der Waals surface area contributed by atoms with Gasteiger partial charge >= 0.3 is 0 Å². The maximum Gasteiger partial charge on any atom is 0.252 e. The molecule has 5 nitrogen and oxygen atoms in total. The molecule has 0 aliphatic heterocycles. The molecule has 2 rings (SSSR count). The minimum absolute atomic E-state index is 0.248. The summed E-state index contributed by atoms with van der Waals surface area (Å²) < 4.78 is 11.3. The van der Waals surface area contributed by atoms with Crippen molar-refractivity contribution in [2.24, 2.45) is 11.5 Å². The number of hydrogen-bond acceptors (Lipinski definition) is 4. The van der Waals surface area contributed by atoms with Crippen LogP contribution in [0.4, 0.5) is 0 Å². The Morgan fingerprint density at radius 3 is 2.65 bits per heavy atom. The zero-order valence-electron chi connectivity index (χ0n) is 11.3. The highest BCUT2D eigenvalue weighted by molar-refractivity contribution is 5.95. The van der Waals surface area contributed by atoms with E-state index in [1.54, 1.807) is 42.7 Å². The van der Waals surface area contributed by atoms with Crippen LogP contribution in [0.3, 0.4) is 0 Å². The van der Waals surface area contributed by atoms with Gasteiger partial charge < -0.3 is 20.6 Å². The predicted molar refractivity (Wildman–Crippen MR) is 75.3 cm³/mol. The monoisotopic (exact) mass is 274 g/mol. The first-order chi connectivity index (χ1) is 9.63. The fourth-order valence-corrected chi connectivity index (χ4v) is 1.93. The Labute approximate surface area is 117 Å². The highest BCUT2D eigenvalue weighted by Gasteiger charge is 2.24. The lowest BCUT2D eigenvalue weighted by molar-refractivity contribution is 0.0984. The molecular weight excluding hydrogens is 256 g/mol. The Morgan fingerprint density at radius 2 is 2.05 bits per heavy atom. The van der Waals surface area contributed by atoms with Gasteiger partial charge in [-0.25, -0.2) is 0 Å². The molecule has 2 atom stereocenters. The van der Waals surface area contributed by atoms with Crippen molar-refractivity contribution in [1.82, 2.24) is 0 Å². The van der Waals surface area contributed by atoms with Crippen LogP contribution in [0.2, 0.25) is 0 Å². The molecule has 1 amide bonds. The number of carbonyl (C=O) groups is 1. The minimum atomic E-state index is -0.538. The van der Waals surface area contributed by atoms with Crippen molar-refractivity contribution in [3.05, 3.63) is 54.0 Å². The molecule has 2 aromatic rings. The van der Waals surface area contributed by atoms with Crippen molar-refractivity contribution in [3.63, 3.8) is 0 Å². The van der Waals surface area contributed by atoms with E-state index in [0.29, 0.717) is 23.5 Å². The van der Waals surface area contributed by atoms with Crippen LogP contribution in [-0.2, 0) is 0 Å². The fraction of sp³-hybridized carbons (Fsp3) is 0.267. The van der Waals surface area contributed by atoms with E-state index in [0.717, 1.165) is 0 Å². The molecule has 0 aliphatic carbocycles. The molecule has 0 saturated heterocycles. The lowest BCUT2D eigenvalue weighted by Crippen LogP contribution is -2.31. The summed E-state index contributed by atoms with van der Waals surface area (Å²) in [4.78, 5) is 11.4. The molecule has 2 unspecified atom stereocenters. The number of para-hydroxylation sites is 1. The van der Waals surface area contributed by atoms with E-state index in [2.05, 4.69) is 0 Å². The summed E-state index contributed by atoms with van der Waals surface area (Å²) >= 11 is 0. The van der Waals surface area contributed by atoms with Gasteiger partial charge in [-0.05, 0) is 30.7 Å². The third-order valence-corrected chi connectivity index (χ3v) is 3.09. The molecule has 106 valence electrons. The van der Waals surface area contributed by atoms with Crippen LogP contribution < -0.4 is 16.2 Å². The average Bonchev–Trinajstić information content (AvgIpc) is 2.98. The van der Waals surface area contributed by atoms with Gasteiger partial charge in [-0.2, -0.15) is 0 Å². The van der Waals surface area contributed by atoms with Gasteiger partial charge in [0, 0.05) is 6.04 Å². The standard InChI is InChI=1S/C15H18N2O3/c1-2-11(16)14(13-8-5-9-19-13)20-12-7-4-3-6-10(12)15(17)18/h3-9,11,14H,2,16H2,1H3,(H2,17,18). The van der Waals surface area contributed by atoms with Crippen LogP contribution >= 0.6 is 0 Å². The minimum Gasteiger partial charge on any atom is -0.480 e. The lowest BCUT2D eigenvalue weighted by atomic mass is 10.1. The fourth-order valence-electron chi connectivity index (χ4n) is 1.93. The second-order valence-electron chi connectivity index (χ2n) is 4.49. The maximum absolute atomic E-state index is 11.4. The summed E-state index contributed by atoms with van der Waals surface area (Å²) in [6.45, 7) is 1.96. The van der Waals surface area contributed by atoms with Crippen LogP contribution in [0.1, 0.15) is 35.6 Å². The molecule has 1 heterocycles. The van der Waals surface area contributed by atoms with E-state index >= 15 is 0 Å².